The van der Waals surface area contributed by atoms with E-state index in [4.69, 9.17) is 4.99 Å². The second kappa shape index (κ2) is 12.0. The molecule has 208 valence electrons. The molecule has 39 heavy (non-hydrogen) atoms. The number of H-pyrrole nitrogens is 1. The minimum atomic E-state index is -0.00972. The maximum Gasteiger partial charge on any atom is 0.222 e. The fraction of sp³-hybridized carbons (Fsp3) is 0.500. The lowest BCUT2D eigenvalue weighted by atomic mass is 10.1. The average molecular weight is 534 g/mol. The number of carbonyl (C=O) groups excluding carboxylic acids is 1. The third-order valence-electron chi connectivity index (χ3n) is 7.64. The van der Waals surface area contributed by atoms with Crippen LogP contribution in [0.25, 0.3) is 11.0 Å². The fourth-order valence-corrected chi connectivity index (χ4v) is 5.25. The molecule has 0 aliphatic carbocycles. The molecule has 0 atom stereocenters. The molecular weight excluding hydrogens is 494 g/mol. The number of amides is 1. The van der Waals surface area contributed by atoms with E-state index in [9.17, 15) is 9.90 Å². The summed E-state index contributed by atoms with van der Waals surface area (Å²) in [6.07, 6.45) is 5.48. The van der Waals surface area contributed by atoms with E-state index in [1.165, 1.54) is 17.6 Å². The van der Waals surface area contributed by atoms with Crippen molar-refractivity contribution >= 4 is 40.3 Å². The minimum Gasteiger partial charge on any atom is -0.494 e. The predicted octanol–water partition coefficient (Wildman–Crippen LogP) is 2.65. The van der Waals surface area contributed by atoms with Gasteiger partial charge in [-0.2, -0.15) is 0 Å². The highest BCUT2D eigenvalue weighted by Crippen LogP contribution is 2.31. The van der Waals surface area contributed by atoms with Crippen molar-refractivity contribution in [3.8, 4) is 5.88 Å². The Morgan fingerprint density at radius 3 is 2.59 bits per heavy atom. The van der Waals surface area contributed by atoms with Crippen molar-refractivity contribution in [2.75, 3.05) is 77.2 Å². The first-order valence-electron chi connectivity index (χ1n) is 13.7. The fourth-order valence-electron chi connectivity index (χ4n) is 5.25. The quantitative estimate of drug-likeness (QED) is 0.437. The van der Waals surface area contributed by atoms with Crippen LogP contribution in [0.2, 0.25) is 0 Å². The monoisotopic (exact) mass is 533 g/mol. The number of aliphatic imine (C=N–C) groups is 1. The Hall–Kier alpha value is -3.70. The lowest BCUT2D eigenvalue weighted by Gasteiger charge is -2.35. The maximum absolute atomic E-state index is 12.7. The standard InChI is InChI=1S/C28H39N9O2/c1-34-12-14-37(15-13-34)23-8-7-21-16-20(23)18-35(2)10-5-4-6-24(38)36(3)11-9-29-26-25-22(17-30-21)28(39)33-27(25)32-19-31-26/h7-8,16-17,19,39H,4-6,9-15,18H2,1-3H3,(H2,29,31,32,33). The van der Waals surface area contributed by atoms with E-state index < -0.39 is 0 Å². The molecular formula is C28H39N9O2. The summed E-state index contributed by atoms with van der Waals surface area (Å²) in [6, 6.07) is 6.36. The SMILES string of the molecule is CN1CCN(c2ccc3cc2CN(C)CCCCC(=O)N(C)CCNc2ncnc4[nH]c(O)c(c24)C=N3)CC1. The van der Waals surface area contributed by atoms with Crippen molar-refractivity contribution in [3.63, 3.8) is 0 Å². The topological polar surface area (TPSA) is 116 Å². The van der Waals surface area contributed by atoms with Crippen LogP contribution in [-0.2, 0) is 11.3 Å². The minimum absolute atomic E-state index is 0.00972. The van der Waals surface area contributed by atoms with Gasteiger partial charge in [-0.1, -0.05) is 0 Å². The zero-order valence-corrected chi connectivity index (χ0v) is 23.2. The van der Waals surface area contributed by atoms with E-state index >= 15 is 0 Å². The molecule has 11 heteroatoms. The van der Waals surface area contributed by atoms with Gasteiger partial charge in [0.05, 0.1) is 16.6 Å². The summed E-state index contributed by atoms with van der Waals surface area (Å²) in [5.74, 6) is 0.719. The van der Waals surface area contributed by atoms with Crippen molar-refractivity contribution in [1.82, 2.24) is 29.7 Å². The first-order valence-corrected chi connectivity index (χ1v) is 13.7. The number of aromatic hydroxyl groups is 1. The van der Waals surface area contributed by atoms with E-state index in [0.29, 0.717) is 41.9 Å². The van der Waals surface area contributed by atoms with Crippen LogP contribution >= 0.6 is 0 Å². The Kier molecular flexibility index (Phi) is 8.27. The van der Waals surface area contributed by atoms with Gasteiger partial charge in [0.2, 0.25) is 5.91 Å². The lowest BCUT2D eigenvalue weighted by Crippen LogP contribution is -2.45. The zero-order chi connectivity index (χ0) is 27.4. The Balaban J connectivity index is 1.50. The molecule has 1 amide bonds. The number of hydrogen-bond acceptors (Lipinski definition) is 9. The largest absolute Gasteiger partial charge is 0.494 e. The smallest absolute Gasteiger partial charge is 0.222 e. The van der Waals surface area contributed by atoms with Crippen molar-refractivity contribution in [2.24, 2.45) is 4.99 Å². The molecule has 2 aliphatic heterocycles. The van der Waals surface area contributed by atoms with Crippen LogP contribution in [-0.4, -0.2) is 114 Å². The normalized spacial score (nSPS) is 19.0. The number of anilines is 2. The Bertz CT molecular complexity index is 1330. The molecule has 3 aromatic rings. The summed E-state index contributed by atoms with van der Waals surface area (Å²) in [4.78, 5) is 38.0. The highest BCUT2D eigenvalue weighted by molar-refractivity contribution is 6.06. The summed E-state index contributed by atoms with van der Waals surface area (Å²) in [5.41, 5.74) is 4.33. The molecule has 1 saturated heterocycles. The van der Waals surface area contributed by atoms with Gasteiger partial charge in [0.25, 0.3) is 0 Å². The number of carbonyl (C=O) groups is 1. The molecule has 1 aromatic carbocycles. The molecule has 11 nitrogen and oxygen atoms in total. The number of nitrogens with one attached hydrogen (secondary N) is 2. The molecule has 0 spiro atoms. The number of aromatic amines is 1. The van der Waals surface area contributed by atoms with Gasteiger partial charge in [0.15, 0.2) is 5.88 Å². The highest BCUT2D eigenvalue weighted by Gasteiger charge is 2.19. The van der Waals surface area contributed by atoms with Crippen LogP contribution in [0.1, 0.15) is 30.4 Å². The van der Waals surface area contributed by atoms with E-state index in [0.717, 1.165) is 57.8 Å². The first kappa shape index (κ1) is 26.9. The number of nitrogens with zero attached hydrogens (tertiary/aromatic N) is 7. The number of likely N-dealkylation sites (N-methyl/N-ethyl adjacent to an activating group) is 2. The molecule has 1 fully saturated rings. The summed E-state index contributed by atoms with van der Waals surface area (Å²) in [7, 11) is 6.14. The molecule has 4 heterocycles. The van der Waals surface area contributed by atoms with Gasteiger partial charge < -0.3 is 35.0 Å². The van der Waals surface area contributed by atoms with Gasteiger partial charge in [-0.3, -0.25) is 9.79 Å². The Morgan fingerprint density at radius 1 is 0.949 bits per heavy atom. The van der Waals surface area contributed by atoms with Crippen molar-refractivity contribution in [1.29, 1.82) is 0 Å². The molecule has 2 aliphatic rings. The number of rotatable bonds is 1. The number of aromatic nitrogens is 3. The summed E-state index contributed by atoms with van der Waals surface area (Å²) >= 11 is 0. The van der Waals surface area contributed by atoms with Gasteiger partial charge >= 0.3 is 0 Å². The van der Waals surface area contributed by atoms with Crippen molar-refractivity contribution < 1.29 is 9.90 Å². The van der Waals surface area contributed by atoms with Gasteiger partial charge in [-0.25, -0.2) is 9.97 Å². The predicted molar refractivity (Wildman–Crippen MR) is 155 cm³/mol. The van der Waals surface area contributed by atoms with Crippen molar-refractivity contribution in [2.45, 2.75) is 25.8 Å². The van der Waals surface area contributed by atoms with E-state index in [2.05, 4.69) is 61.2 Å². The molecule has 0 unspecified atom stereocenters. The molecule has 5 rings (SSSR count). The van der Waals surface area contributed by atoms with Crippen LogP contribution in [0.5, 0.6) is 5.88 Å². The maximum atomic E-state index is 12.7. The highest BCUT2D eigenvalue weighted by atomic mass is 16.3. The van der Waals surface area contributed by atoms with Gasteiger partial charge in [0, 0.05) is 71.2 Å². The van der Waals surface area contributed by atoms with Crippen LogP contribution in [0.3, 0.4) is 0 Å². The summed E-state index contributed by atoms with van der Waals surface area (Å²) < 4.78 is 0. The second-order valence-corrected chi connectivity index (χ2v) is 10.6. The van der Waals surface area contributed by atoms with E-state index in [-0.39, 0.29) is 11.8 Å². The van der Waals surface area contributed by atoms with Gasteiger partial charge in [-0.05, 0) is 57.2 Å². The third kappa shape index (κ3) is 6.31. The second-order valence-electron chi connectivity index (χ2n) is 10.6. The van der Waals surface area contributed by atoms with Crippen LogP contribution < -0.4 is 10.2 Å². The van der Waals surface area contributed by atoms with Gasteiger partial charge in [-0.15, -0.1) is 0 Å². The van der Waals surface area contributed by atoms with Crippen LogP contribution in [0.4, 0.5) is 17.2 Å². The van der Waals surface area contributed by atoms with Gasteiger partial charge in [0.1, 0.15) is 17.8 Å². The first-order chi connectivity index (χ1) is 18.9. The number of hydrogen-bond donors (Lipinski definition) is 3. The summed E-state index contributed by atoms with van der Waals surface area (Å²) in [6.45, 7) is 6.83. The van der Waals surface area contributed by atoms with Crippen molar-refractivity contribution in [3.05, 3.63) is 35.7 Å². The van der Waals surface area contributed by atoms with Crippen LogP contribution in [0.15, 0.2) is 29.5 Å². The summed E-state index contributed by atoms with van der Waals surface area (Å²) in [5, 5.41) is 14.7. The Morgan fingerprint density at radius 2 is 1.77 bits per heavy atom. The van der Waals surface area contributed by atoms with Crippen LogP contribution in [0, 0.1) is 0 Å². The van der Waals surface area contributed by atoms with E-state index in [1.54, 1.807) is 11.1 Å². The molecule has 3 N–H and O–H groups in total. The van der Waals surface area contributed by atoms with E-state index in [1.807, 2.05) is 13.1 Å². The molecule has 2 bridgehead atoms. The Labute approximate surface area is 229 Å². The number of piperazine rings is 1. The molecule has 2 aromatic heterocycles. The number of benzene rings is 1. The molecule has 0 saturated carbocycles. The number of fused-ring (bicyclic) bond motifs is 2. The average Bonchev–Trinajstić information content (AvgIpc) is 3.25. The lowest BCUT2D eigenvalue weighted by molar-refractivity contribution is -0.129. The molecule has 0 radical (unpaired) electrons. The zero-order valence-electron chi connectivity index (χ0n) is 23.2. The third-order valence-corrected chi connectivity index (χ3v) is 7.64.